The molecule has 1 aliphatic carbocycles. The molecule has 0 saturated heterocycles. The molecule has 19 heavy (non-hydrogen) atoms. The molecule has 1 saturated carbocycles. The van der Waals surface area contributed by atoms with Crippen LogP contribution >= 0.6 is 27.3 Å². The number of aryl methyl sites for hydroxylation is 1. The molecule has 0 aliphatic heterocycles. The fourth-order valence-electron chi connectivity index (χ4n) is 2.28. The van der Waals surface area contributed by atoms with E-state index in [1.165, 1.54) is 17.7 Å². The number of nitrogens with two attached hydrogens (primary N) is 1. The molecule has 0 amide bonds. The molecule has 100 valence electrons. The van der Waals surface area contributed by atoms with E-state index in [4.69, 9.17) is 5.73 Å². The number of rotatable bonds is 3. The van der Waals surface area contributed by atoms with Crippen LogP contribution in [0.3, 0.4) is 0 Å². The van der Waals surface area contributed by atoms with Crippen molar-refractivity contribution in [2.75, 3.05) is 0 Å². The Kier molecular flexibility index (Phi) is 3.50. The zero-order valence-electron chi connectivity index (χ0n) is 10.6. The van der Waals surface area contributed by atoms with E-state index in [2.05, 4.69) is 28.1 Å². The maximum absolute atomic E-state index is 13.7. The monoisotopic (exact) mass is 339 g/mol. The van der Waals surface area contributed by atoms with E-state index in [9.17, 15) is 4.39 Å². The minimum atomic E-state index is -0.220. The molecule has 2 N–H and O–H groups in total. The van der Waals surface area contributed by atoms with Gasteiger partial charge in [-0.1, -0.05) is 0 Å². The van der Waals surface area contributed by atoms with Gasteiger partial charge in [-0.3, -0.25) is 0 Å². The van der Waals surface area contributed by atoms with Gasteiger partial charge in [0, 0.05) is 15.8 Å². The Morgan fingerprint density at radius 1 is 1.37 bits per heavy atom. The van der Waals surface area contributed by atoms with Crippen molar-refractivity contribution >= 4 is 27.3 Å². The lowest BCUT2D eigenvalue weighted by atomic mass is 10.1. The number of hydrogen-bond donors (Lipinski definition) is 1. The van der Waals surface area contributed by atoms with Gasteiger partial charge < -0.3 is 5.73 Å². The van der Waals surface area contributed by atoms with E-state index >= 15 is 0 Å². The summed E-state index contributed by atoms with van der Waals surface area (Å²) in [5.41, 5.74) is 8.24. The maximum Gasteiger partial charge on any atom is 0.138 e. The summed E-state index contributed by atoms with van der Waals surface area (Å²) in [7, 11) is 0. The van der Waals surface area contributed by atoms with Gasteiger partial charge in [-0.2, -0.15) is 0 Å². The summed E-state index contributed by atoms with van der Waals surface area (Å²) in [6, 6.07) is 7.71. The largest absolute Gasteiger partial charge is 0.323 e. The van der Waals surface area contributed by atoms with Crippen molar-refractivity contribution in [1.82, 2.24) is 0 Å². The molecular formula is C15H15BrFNS. The third-order valence-electron chi connectivity index (χ3n) is 3.62. The molecule has 1 fully saturated rings. The van der Waals surface area contributed by atoms with E-state index in [0.717, 1.165) is 16.0 Å². The molecule has 1 aliphatic rings. The Hall–Kier alpha value is -0.710. The van der Waals surface area contributed by atoms with E-state index in [1.54, 1.807) is 17.4 Å². The second-order valence-corrected chi connectivity index (χ2v) is 7.12. The molecule has 1 aromatic heterocycles. The second-order valence-electron chi connectivity index (χ2n) is 5.15. The van der Waals surface area contributed by atoms with Crippen LogP contribution in [0.5, 0.6) is 0 Å². The normalized spacial score (nSPS) is 16.6. The van der Waals surface area contributed by atoms with Crippen molar-refractivity contribution < 1.29 is 4.39 Å². The van der Waals surface area contributed by atoms with E-state index in [-0.39, 0.29) is 11.9 Å². The highest BCUT2D eigenvalue weighted by Gasteiger charge is 2.30. The van der Waals surface area contributed by atoms with Crippen molar-refractivity contribution in [3.8, 4) is 10.4 Å². The lowest BCUT2D eigenvalue weighted by molar-refractivity contribution is 0.621. The fraction of sp³-hybridized carbons (Fsp3) is 0.333. The summed E-state index contributed by atoms with van der Waals surface area (Å²) in [6.07, 6.45) is 2.47. The number of hydrogen-bond acceptors (Lipinski definition) is 2. The quantitative estimate of drug-likeness (QED) is 0.833. The summed E-state index contributed by atoms with van der Waals surface area (Å²) in [5.74, 6) is 0.427. The predicted molar refractivity (Wildman–Crippen MR) is 81.8 cm³/mol. The molecule has 1 atom stereocenters. The van der Waals surface area contributed by atoms with Crippen LogP contribution in [0.1, 0.15) is 29.3 Å². The van der Waals surface area contributed by atoms with Crippen LogP contribution in [0.25, 0.3) is 10.4 Å². The summed E-state index contributed by atoms with van der Waals surface area (Å²) < 4.78 is 14.2. The Morgan fingerprint density at radius 3 is 2.79 bits per heavy atom. The molecule has 0 bridgehead atoms. The summed E-state index contributed by atoms with van der Waals surface area (Å²) in [6.45, 7) is 2.00. The van der Waals surface area contributed by atoms with Crippen molar-refractivity contribution in [1.29, 1.82) is 0 Å². The maximum atomic E-state index is 13.7. The number of thiophene rings is 1. The Labute approximate surface area is 124 Å². The fourth-order valence-corrected chi connectivity index (χ4v) is 3.92. The predicted octanol–water partition coefficient (Wildman–Crippen LogP) is 5.03. The Bertz CT molecular complexity index is 619. The lowest BCUT2D eigenvalue weighted by Crippen LogP contribution is -2.10. The van der Waals surface area contributed by atoms with Gasteiger partial charge in [0.05, 0.1) is 4.47 Å². The van der Waals surface area contributed by atoms with Crippen molar-refractivity contribution in [2.45, 2.75) is 25.8 Å². The first-order chi connectivity index (χ1) is 9.06. The lowest BCUT2D eigenvalue weighted by Gasteiger charge is -2.07. The van der Waals surface area contributed by atoms with Gasteiger partial charge in [0.25, 0.3) is 0 Å². The first-order valence-corrected chi connectivity index (χ1v) is 7.98. The molecule has 2 aromatic rings. The van der Waals surface area contributed by atoms with Gasteiger partial charge in [0.2, 0.25) is 0 Å². The highest BCUT2D eigenvalue weighted by Crippen LogP contribution is 2.43. The first-order valence-electron chi connectivity index (χ1n) is 6.37. The van der Waals surface area contributed by atoms with E-state index in [1.807, 2.05) is 13.0 Å². The zero-order chi connectivity index (χ0) is 13.6. The molecule has 0 spiro atoms. The van der Waals surface area contributed by atoms with Gasteiger partial charge >= 0.3 is 0 Å². The molecule has 1 nitrogen and oxygen atoms in total. The SMILES string of the molecule is Cc1cc(Br)c(F)cc1-c1ccc(C(N)C2CC2)s1. The van der Waals surface area contributed by atoms with Crippen LogP contribution in [-0.2, 0) is 0 Å². The second kappa shape index (κ2) is 5.00. The van der Waals surface area contributed by atoms with Gasteiger partial charge in [-0.15, -0.1) is 11.3 Å². The van der Waals surface area contributed by atoms with Crippen LogP contribution < -0.4 is 5.73 Å². The molecule has 1 aromatic carbocycles. The third-order valence-corrected chi connectivity index (χ3v) is 5.45. The average Bonchev–Trinajstić information content (AvgIpc) is 3.11. The summed E-state index contributed by atoms with van der Waals surface area (Å²) in [4.78, 5) is 2.30. The molecule has 1 heterocycles. The highest BCUT2D eigenvalue weighted by atomic mass is 79.9. The smallest absolute Gasteiger partial charge is 0.138 e. The minimum absolute atomic E-state index is 0.152. The third kappa shape index (κ3) is 2.62. The van der Waals surface area contributed by atoms with Gasteiger partial charge in [-0.25, -0.2) is 4.39 Å². The average molecular weight is 340 g/mol. The Balaban J connectivity index is 1.96. The number of benzene rings is 1. The van der Waals surface area contributed by atoms with Crippen LogP contribution in [0.15, 0.2) is 28.7 Å². The van der Waals surface area contributed by atoms with Crippen molar-refractivity contribution in [2.24, 2.45) is 11.7 Å². The van der Waals surface area contributed by atoms with E-state index < -0.39 is 0 Å². The number of halogens is 2. The van der Waals surface area contributed by atoms with Gasteiger partial charge in [-0.05, 0) is 77.0 Å². The van der Waals surface area contributed by atoms with Gasteiger partial charge in [0.15, 0.2) is 0 Å². The van der Waals surface area contributed by atoms with Crippen LogP contribution in [0.2, 0.25) is 0 Å². The minimum Gasteiger partial charge on any atom is -0.323 e. The van der Waals surface area contributed by atoms with Crippen LogP contribution in [-0.4, -0.2) is 0 Å². The van der Waals surface area contributed by atoms with Crippen molar-refractivity contribution in [3.63, 3.8) is 0 Å². The summed E-state index contributed by atoms with van der Waals surface area (Å²) in [5, 5.41) is 0. The topological polar surface area (TPSA) is 26.0 Å². The molecular weight excluding hydrogens is 325 g/mol. The van der Waals surface area contributed by atoms with E-state index in [0.29, 0.717) is 10.4 Å². The van der Waals surface area contributed by atoms with Crippen LogP contribution in [0, 0.1) is 18.7 Å². The first kappa shape index (κ1) is 13.3. The van der Waals surface area contributed by atoms with Gasteiger partial charge in [0.1, 0.15) is 5.82 Å². The Morgan fingerprint density at radius 2 is 2.11 bits per heavy atom. The van der Waals surface area contributed by atoms with Crippen LogP contribution in [0.4, 0.5) is 4.39 Å². The van der Waals surface area contributed by atoms with Crippen molar-refractivity contribution in [3.05, 3.63) is 45.0 Å². The summed E-state index contributed by atoms with van der Waals surface area (Å²) >= 11 is 4.90. The molecule has 3 rings (SSSR count). The highest BCUT2D eigenvalue weighted by molar-refractivity contribution is 9.10. The zero-order valence-corrected chi connectivity index (χ0v) is 13.0. The standard InChI is InChI=1S/C15H15BrFNS/c1-8-6-11(16)12(17)7-10(8)13-4-5-14(19-13)15(18)9-2-3-9/h4-7,9,15H,2-3,18H2,1H3. The molecule has 4 heteroatoms. The molecule has 1 unspecified atom stereocenters. The molecule has 0 radical (unpaired) electrons.